The maximum atomic E-state index is 13.6. The fourth-order valence-corrected chi connectivity index (χ4v) is 5.98. The van der Waals surface area contributed by atoms with Crippen molar-refractivity contribution in [3.63, 3.8) is 0 Å². The van der Waals surface area contributed by atoms with Gasteiger partial charge in [0.15, 0.2) is 0 Å². The number of rotatable bonds is 7. The molecular formula is C29H35ClN4O2. The molecule has 0 radical (unpaired) electrons. The number of anilines is 1. The van der Waals surface area contributed by atoms with Crippen LogP contribution in [-0.2, 0) is 4.79 Å². The minimum atomic E-state index is -0.253. The van der Waals surface area contributed by atoms with Crippen LogP contribution in [0.25, 0.3) is 10.9 Å². The van der Waals surface area contributed by atoms with E-state index in [1.807, 2.05) is 43.5 Å². The van der Waals surface area contributed by atoms with Crippen molar-refractivity contribution in [2.75, 3.05) is 31.1 Å². The molecular weight excluding hydrogens is 472 g/mol. The van der Waals surface area contributed by atoms with Gasteiger partial charge < -0.3 is 15.2 Å². The van der Waals surface area contributed by atoms with Crippen molar-refractivity contribution in [1.29, 1.82) is 0 Å². The van der Waals surface area contributed by atoms with Gasteiger partial charge in [-0.25, -0.2) is 0 Å². The summed E-state index contributed by atoms with van der Waals surface area (Å²) in [6.07, 6.45) is 9.54. The number of fused-ring (bicyclic) bond motifs is 1. The quantitative estimate of drug-likeness (QED) is 0.441. The number of para-hydroxylation sites is 1. The van der Waals surface area contributed by atoms with Crippen molar-refractivity contribution >= 4 is 40.0 Å². The van der Waals surface area contributed by atoms with Crippen LogP contribution in [0.3, 0.4) is 0 Å². The van der Waals surface area contributed by atoms with Gasteiger partial charge in [0.25, 0.3) is 5.91 Å². The lowest BCUT2D eigenvalue weighted by atomic mass is 9.95. The average molecular weight is 507 g/mol. The van der Waals surface area contributed by atoms with Crippen molar-refractivity contribution in [3.8, 4) is 0 Å². The molecule has 2 heterocycles. The molecule has 190 valence electrons. The fraction of sp³-hybridized carbons (Fsp3) is 0.448. The van der Waals surface area contributed by atoms with E-state index in [1.165, 1.54) is 30.6 Å². The van der Waals surface area contributed by atoms with Crippen LogP contribution in [0, 0.1) is 12.8 Å². The van der Waals surface area contributed by atoms with Crippen molar-refractivity contribution in [1.82, 2.24) is 15.2 Å². The minimum absolute atomic E-state index is 0.0781. The zero-order valence-electron chi connectivity index (χ0n) is 20.9. The number of aromatic amines is 1. The number of aryl methyl sites for hydroxylation is 1. The van der Waals surface area contributed by atoms with Crippen LogP contribution in [0.4, 0.5) is 5.69 Å². The van der Waals surface area contributed by atoms with Gasteiger partial charge in [-0.05, 0) is 81.4 Å². The molecule has 2 aliphatic rings. The lowest BCUT2D eigenvalue weighted by Gasteiger charge is -2.36. The largest absolute Gasteiger partial charge is 0.361 e. The first-order valence-corrected chi connectivity index (χ1v) is 13.5. The van der Waals surface area contributed by atoms with E-state index in [-0.39, 0.29) is 18.4 Å². The Labute approximate surface area is 218 Å². The molecule has 6 nitrogen and oxygen atoms in total. The number of aromatic nitrogens is 1. The highest BCUT2D eigenvalue weighted by Gasteiger charge is 2.28. The maximum Gasteiger partial charge on any atom is 0.258 e. The molecule has 2 fully saturated rings. The van der Waals surface area contributed by atoms with E-state index in [1.54, 1.807) is 12.1 Å². The molecule has 1 aliphatic carbocycles. The van der Waals surface area contributed by atoms with Crippen LogP contribution < -0.4 is 10.2 Å². The van der Waals surface area contributed by atoms with E-state index in [0.717, 1.165) is 48.4 Å². The standard InChI is InChI=1S/C29H35ClN4O2/c1-20-17-31-26-16-22(10-11-24(20)26)29(36)34(27-9-5-4-8-25(27)30)19-28(35)32-18-21-12-14-33(15-13-21)23-6-2-3-7-23/h4-5,8-11,16-17,21,23,31H,2-3,6-7,12-15,18-19H2,1H3,(H,32,35). The van der Waals surface area contributed by atoms with Crippen LogP contribution in [-0.4, -0.2) is 53.9 Å². The van der Waals surface area contributed by atoms with Crippen LogP contribution in [0.5, 0.6) is 0 Å². The third-order valence-electron chi connectivity index (χ3n) is 7.90. The zero-order valence-corrected chi connectivity index (χ0v) is 21.7. The van der Waals surface area contributed by atoms with Crippen molar-refractivity contribution < 1.29 is 9.59 Å². The van der Waals surface area contributed by atoms with E-state index in [9.17, 15) is 9.59 Å². The monoisotopic (exact) mass is 506 g/mol. The number of amides is 2. The summed E-state index contributed by atoms with van der Waals surface area (Å²) in [5, 5.41) is 4.61. The van der Waals surface area contributed by atoms with Crippen molar-refractivity contribution in [3.05, 3.63) is 64.8 Å². The first-order chi connectivity index (χ1) is 17.5. The Kier molecular flexibility index (Phi) is 7.63. The topological polar surface area (TPSA) is 68.4 Å². The lowest BCUT2D eigenvalue weighted by Crippen LogP contribution is -2.45. The van der Waals surface area contributed by atoms with Crippen LogP contribution in [0.1, 0.15) is 54.4 Å². The average Bonchev–Trinajstić information content (AvgIpc) is 3.57. The molecule has 7 heteroatoms. The summed E-state index contributed by atoms with van der Waals surface area (Å²) in [6, 6.07) is 13.5. The van der Waals surface area contributed by atoms with Gasteiger partial charge in [-0.3, -0.25) is 14.5 Å². The third kappa shape index (κ3) is 5.45. The highest BCUT2D eigenvalue weighted by atomic mass is 35.5. The predicted molar refractivity (Wildman–Crippen MR) is 146 cm³/mol. The molecule has 0 bridgehead atoms. The highest BCUT2D eigenvalue weighted by molar-refractivity contribution is 6.34. The maximum absolute atomic E-state index is 13.6. The van der Waals surface area contributed by atoms with E-state index in [4.69, 9.17) is 11.6 Å². The first kappa shape index (κ1) is 24.8. The van der Waals surface area contributed by atoms with Gasteiger partial charge in [0.2, 0.25) is 5.91 Å². The summed E-state index contributed by atoms with van der Waals surface area (Å²) < 4.78 is 0. The summed E-state index contributed by atoms with van der Waals surface area (Å²) in [5.41, 5.74) is 3.06. The molecule has 0 spiro atoms. The minimum Gasteiger partial charge on any atom is -0.361 e. The number of nitrogens with one attached hydrogen (secondary N) is 2. The smallest absolute Gasteiger partial charge is 0.258 e. The molecule has 1 saturated heterocycles. The van der Waals surface area contributed by atoms with E-state index in [0.29, 0.717) is 28.7 Å². The number of carbonyl (C=O) groups is 2. The van der Waals surface area contributed by atoms with Gasteiger partial charge in [0.1, 0.15) is 6.54 Å². The molecule has 1 aromatic heterocycles. The first-order valence-electron chi connectivity index (χ1n) is 13.1. The lowest BCUT2D eigenvalue weighted by molar-refractivity contribution is -0.120. The Balaban J connectivity index is 1.24. The van der Waals surface area contributed by atoms with Gasteiger partial charge in [0.05, 0.1) is 10.7 Å². The highest BCUT2D eigenvalue weighted by Crippen LogP contribution is 2.29. The Bertz CT molecular complexity index is 1220. The summed E-state index contributed by atoms with van der Waals surface area (Å²) >= 11 is 6.46. The van der Waals surface area contributed by atoms with Crippen LogP contribution >= 0.6 is 11.6 Å². The molecule has 0 unspecified atom stereocenters. The Morgan fingerprint density at radius 1 is 1.08 bits per heavy atom. The SMILES string of the molecule is Cc1c[nH]c2cc(C(=O)N(CC(=O)NCC3CCN(C4CCCC4)CC3)c3ccccc3Cl)ccc12. The number of likely N-dealkylation sites (tertiary alicyclic amines) is 1. The van der Waals surface area contributed by atoms with Gasteiger partial charge >= 0.3 is 0 Å². The summed E-state index contributed by atoms with van der Waals surface area (Å²) in [6.45, 7) is 4.84. The summed E-state index contributed by atoms with van der Waals surface area (Å²) in [5.74, 6) is 0.0603. The summed E-state index contributed by atoms with van der Waals surface area (Å²) in [4.78, 5) is 34.0. The van der Waals surface area contributed by atoms with Gasteiger partial charge in [0, 0.05) is 35.2 Å². The predicted octanol–water partition coefficient (Wildman–Crippen LogP) is 5.55. The number of piperidine rings is 1. The van der Waals surface area contributed by atoms with Crippen molar-refractivity contribution in [2.24, 2.45) is 5.92 Å². The number of carbonyl (C=O) groups excluding carboxylic acids is 2. The number of hydrogen-bond acceptors (Lipinski definition) is 3. The second-order valence-corrected chi connectivity index (χ2v) is 10.7. The second kappa shape index (κ2) is 11.1. The van der Waals surface area contributed by atoms with Crippen LogP contribution in [0.2, 0.25) is 5.02 Å². The van der Waals surface area contributed by atoms with E-state index < -0.39 is 0 Å². The Hall–Kier alpha value is -2.83. The Morgan fingerprint density at radius 3 is 2.58 bits per heavy atom. The molecule has 0 atom stereocenters. The second-order valence-electron chi connectivity index (χ2n) is 10.3. The van der Waals surface area contributed by atoms with Crippen LogP contribution in [0.15, 0.2) is 48.7 Å². The van der Waals surface area contributed by atoms with E-state index >= 15 is 0 Å². The molecule has 2 amide bonds. The third-order valence-corrected chi connectivity index (χ3v) is 8.22. The number of nitrogens with zero attached hydrogens (tertiary/aromatic N) is 2. The van der Waals surface area contributed by atoms with E-state index in [2.05, 4.69) is 15.2 Å². The zero-order chi connectivity index (χ0) is 25.1. The molecule has 36 heavy (non-hydrogen) atoms. The van der Waals surface area contributed by atoms with Gasteiger partial charge in [-0.2, -0.15) is 0 Å². The number of hydrogen-bond donors (Lipinski definition) is 2. The molecule has 1 aliphatic heterocycles. The van der Waals surface area contributed by atoms with Gasteiger partial charge in [-0.1, -0.05) is 42.6 Å². The number of halogens is 1. The normalized spacial score (nSPS) is 17.5. The van der Waals surface area contributed by atoms with Gasteiger partial charge in [-0.15, -0.1) is 0 Å². The Morgan fingerprint density at radius 2 is 1.83 bits per heavy atom. The molecule has 2 N–H and O–H groups in total. The summed E-state index contributed by atoms with van der Waals surface area (Å²) in [7, 11) is 0. The molecule has 1 saturated carbocycles. The number of H-pyrrole nitrogens is 1. The molecule has 3 aromatic rings. The molecule has 2 aromatic carbocycles. The number of benzene rings is 2. The molecule has 5 rings (SSSR count). The van der Waals surface area contributed by atoms with Crippen molar-refractivity contribution in [2.45, 2.75) is 51.5 Å². The fourth-order valence-electron chi connectivity index (χ4n) is 5.75.